The van der Waals surface area contributed by atoms with Gasteiger partial charge in [-0.25, -0.2) is 17.6 Å². The Morgan fingerprint density at radius 1 is 1.12 bits per heavy atom. The van der Waals surface area contributed by atoms with Crippen LogP contribution in [0.15, 0.2) is 53.3 Å². The molecule has 0 unspecified atom stereocenters. The minimum atomic E-state index is -3.83. The molecule has 25 heavy (non-hydrogen) atoms. The van der Waals surface area contributed by atoms with Crippen LogP contribution >= 0.6 is 23.2 Å². The topological polar surface area (TPSA) is 84.2 Å². The van der Waals surface area contributed by atoms with Gasteiger partial charge in [-0.05, 0) is 24.3 Å². The highest BCUT2D eigenvalue weighted by Gasteiger charge is 2.35. The first-order chi connectivity index (χ1) is 11.6. The second-order valence-corrected chi connectivity index (χ2v) is 8.55. The molecule has 0 aromatic heterocycles. The van der Waals surface area contributed by atoms with E-state index in [0.29, 0.717) is 16.5 Å². The number of nitrogens with zero attached hydrogens (tertiary/aromatic N) is 1. The first-order valence-electron chi connectivity index (χ1n) is 7.31. The van der Waals surface area contributed by atoms with Crippen LogP contribution in [0, 0.1) is 0 Å². The Balaban J connectivity index is 1.98. The van der Waals surface area contributed by atoms with Crippen molar-refractivity contribution in [3.8, 4) is 0 Å². The Kier molecular flexibility index (Phi) is 4.36. The average molecular weight is 400 g/mol. The summed E-state index contributed by atoms with van der Waals surface area (Å²) >= 11 is 12.2. The molecule has 3 rings (SSSR count). The Hall–Kier alpha value is -1.93. The molecule has 1 aliphatic rings. The summed E-state index contributed by atoms with van der Waals surface area (Å²) in [6, 6.07) is 9.66. The van der Waals surface area contributed by atoms with E-state index in [-0.39, 0.29) is 14.4 Å². The molecule has 0 amide bonds. The van der Waals surface area contributed by atoms with Crippen molar-refractivity contribution in [2.45, 2.75) is 4.90 Å². The van der Waals surface area contributed by atoms with E-state index in [2.05, 4.69) is 10.0 Å². The van der Waals surface area contributed by atoms with Gasteiger partial charge in [0.05, 0.1) is 40.9 Å². The van der Waals surface area contributed by atoms with E-state index < -0.39 is 10.0 Å². The molecule has 2 aromatic carbocycles. The highest BCUT2D eigenvalue weighted by atomic mass is 35.5. The number of benzene rings is 2. The first-order valence-corrected chi connectivity index (χ1v) is 9.55. The van der Waals surface area contributed by atoms with Gasteiger partial charge >= 0.3 is 0 Å². The summed E-state index contributed by atoms with van der Waals surface area (Å²) < 4.78 is 28.2. The van der Waals surface area contributed by atoms with E-state index in [4.69, 9.17) is 28.9 Å². The van der Waals surface area contributed by atoms with Gasteiger partial charge in [0.25, 0.3) is 10.0 Å². The van der Waals surface area contributed by atoms with Gasteiger partial charge in [-0.15, -0.1) is 0 Å². The Labute approximate surface area is 156 Å². The van der Waals surface area contributed by atoms with Crippen molar-refractivity contribution in [2.75, 3.05) is 25.1 Å². The summed E-state index contributed by atoms with van der Waals surface area (Å²) in [6.07, 6.45) is 1.59. The summed E-state index contributed by atoms with van der Waals surface area (Å²) in [5.74, 6) is 0.433. The number of rotatable bonds is 3. The average Bonchev–Trinajstić information content (AvgIpc) is 2.53. The van der Waals surface area contributed by atoms with E-state index in [0.717, 1.165) is 11.4 Å². The summed E-state index contributed by atoms with van der Waals surface area (Å²) in [6.45, 7) is 0. The molecule has 132 valence electrons. The van der Waals surface area contributed by atoms with Crippen LogP contribution in [0.5, 0.6) is 0 Å². The lowest BCUT2D eigenvalue weighted by Crippen LogP contribution is -2.49. The SMILES string of the molecule is C[N+]1(C)C(NS(=O)(=O)c2ccc(N)c(Cl)c2)=CNc2c(Cl)cccc21. The maximum absolute atomic E-state index is 12.7. The lowest BCUT2D eigenvalue weighted by Gasteiger charge is -2.35. The van der Waals surface area contributed by atoms with Crippen molar-refractivity contribution in [1.29, 1.82) is 0 Å². The summed E-state index contributed by atoms with van der Waals surface area (Å²) in [4.78, 5) is 0.0319. The molecule has 0 saturated carbocycles. The van der Waals surface area contributed by atoms with Gasteiger partial charge in [-0.3, -0.25) is 0 Å². The quantitative estimate of drug-likeness (QED) is 0.545. The minimum absolute atomic E-state index is 0.0319. The standard InChI is InChI=1S/C16H17Cl2N4O2S/c1-22(2)14-5-3-4-11(17)16(14)20-9-15(22)21-25(23,24)10-6-7-13(19)12(18)8-10/h3-9,20-21H,19H2,1-2H3/q+1. The fourth-order valence-electron chi connectivity index (χ4n) is 2.57. The molecule has 0 fully saturated rings. The van der Waals surface area contributed by atoms with E-state index in [1.165, 1.54) is 18.2 Å². The predicted octanol–water partition coefficient (Wildman–Crippen LogP) is 3.35. The number of hydrogen-bond donors (Lipinski definition) is 3. The zero-order valence-electron chi connectivity index (χ0n) is 13.5. The van der Waals surface area contributed by atoms with Crippen molar-refractivity contribution >= 4 is 50.3 Å². The third kappa shape index (κ3) is 3.16. The van der Waals surface area contributed by atoms with Crippen molar-refractivity contribution in [1.82, 2.24) is 9.21 Å². The van der Waals surface area contributed by atoms with Crippen LogP contribution in [-0.4, -0.2) is 22.5 Å². The van der Waals surface area contributed by atoms with Gasteiger partial charge in [-0.2, -0.15) is 0 Å². The molecule has 0 saturated heterocycles. The Morgan fingerprint density at radius 2 is 1.84 bits per heavy atom. The number of para-hydroxylation sites is 1. The fraction of sp³-hybridized carbons (Fsp3) is 0.125. The van der Waals surface area contributed by atoms with Crippen LogP contribution in [0.2, 0.25) is 10.0 Å². The van der Waals surface area contributed by atoms with Gasteiger partial charge in [0, 0.05) is 6.07 Å². The smallest absolute Gasteiger partial charge is 0.265 e. The Bertz CT molecular complexity index is 988. The number of hydrogen-bond acceptors (Lipinski definition) is 4. The zero-order valence-corrected chi connectivity index (χ0v) is 15.9. The first kappa shape index (κ1) is 17.9. The van der Waals surface area contributed by atoms with Crippen molar-refractivity contribution in [2.24, 2.45) is 0 Å². The number of fused-ring (bicyclic) bond motifs is 1. The molecule has 2 aromatic rings. The van der Waals surface area contributed by atoms with Crippen molar-refractivity contribution in [3.05, 3.63) is 58.5 Å². The van der Waals surface area contributed by atoms with Crippen LogP contribution in [0.4, 0.5) is 17.1 Å². The maximum atomic E-state index is 12.7. The molecule has 4 N–H and O–H groups in total. The number of nitrogens with two attached hydrogens (primary N) is 1. The monoisotopic (exact) mass is 399 g/mol. The van der Waals surface area contributed by atoms with Crippen LogP contribution < -0.4 is 20.3 Å². The third-order valence-corrected chi connectivity index (χ3v) is 6.07. The summed E-state index contributed by atoms with van der Waals surface area (Å²) in [5, 5.41) is 3.80. The van der Waals surface area contributed by atoms with Gasteiger partial charge in [0.15, 0.2) is 5.69 Å². The van der Waals surface area contributed by atoms with Gasteiger partial charge < -0.3 is 11.1 Å². The second kappa shape index (κ2) is 6.10. The van der Waals surface area contributed by atoms with E-state index in [1.54, 1.807) is 12.3 Å². The molecule has 0 aliphatic carbocycles. The van der Waals surface area contributed by atoms with Gasteiger partial charge in [0.1, 0.15) is 5.69 Å². The molecule has 0 spiro atoms. The number of sulfonamides is 1. The lowest BCUT2D eigenvalue weighted by molar-refractivity contribution is 0.464. The molecule has 6 nitrogen and oxygen atoms in total. The highest BCUT2D eigenvalue weighted by Crippen LogP contribution is 2.40. The fourth-order valence-corrected chi connectivity index (χ4v) is 4.24. The van der Waals surface area contributed by atoms with E-state index >= 15 is 0 Å². The number of anilines is 2. The van der Waals surface area contributed by atoms with Crippen LogP contribution in [0.3, 0.4) is 0 Å². The van der Waals surface area contributed by atoms with Crippen molar-refractivity contribution < 1.29 is 8.42 Å². The van der Waals surface area contributed by atoms with Gasteiger partial charge in [0.2, 0.25) is 5.82 Å². The predicted molar refractivity (Wildman–Crippen MR) is 103 cm³/mol. The molecule has 0 atom stereocenters. The molecular formula is C16H17Cl2N4O2S+. The van der Waals surface area contributed by atoms with E-state index in [1.807, 2.05) is 26.2 Å². The zero-order chi connectivity index (χ0) is 18.4. The van der Waals surface area contributed by atoms with Crippen LogP contribution in [0.25, 0.3) is 0 Å². The molecule has 1 aliphatic heterocycles. The van der Waals surface area contributed by atoms with Crippen LogP contribution in [0.1, 0.15) is 0 Å². The second-order valence-electron chi connectivity index (χ2n) is 6.05. The van der Waals surface area contributed by atoms with Crippen molar-refractivity contribution in [3.63, 3.8) is 0 Å². The van der Waals surface area contributed by atoms with E-state index in [9.17, 15) is 8.42 Å². The summed E-state index contributed by atoms with van der Waals surface area (Å²) in [5.41, 5.74) is 7.54. The lowest BCUT2D eigenvalue weighted by atomic mass is 10.2. The maximum Gasteiger partial charge on any atom is 0.265 e. The summed E-state index contributed by atoms with van der Waals surface area (Å²) in [7, 11) is -0.107. The number of halogens is 2. The number of nitrogens with one attached hydrogen (secondary N) is 2. The van der Waals surface area contributed by atoms with Crippen LogP contribution in [-0.2, 0) is 10.0 Å². The highest BCUT2D eigenvalue weighted by molar-refractivity contribution is 7.89. The third-order valence-electron chi connectivity index (χ3n) is 4.07. The normalized spacial score (nSPS) is 15.8. The molecule has 1 heterocycles. The molecule has 0 radical (unpaired) electrons. The molecule has 9 heteroatoms. The number of quaternary nitrogens is 1. The Morgan fingerprint density at radius 3 is 2.52 bits per heavy atom. The molecule has 0 bridgehead atoms. The molecular weight excluding hydrogens is 383 g/mol. The van der Waals surface area contributed by atoms with Gasteiger partial charge in [-0.1, -0.05) is 29.3 Å². The largest absolute Gasteiger partial charge is 0.398 e. The minimum Gasteiger partial charge on any atom is -0.398 e. The number of nitrogen functional groups attached to an aromatic ring is 1.